The van der Waals surface area contributed by atoms with Crippen molar-refractivity contribution >= 4 is 35.1 Å². The third-order valence-electron chi connectivity index (χ3n) is 4.85. The van der Waals surface area contributed by atoms with Gasteiger partial charge in [-0.15, -0.1) is 0 Å². The highest BCUT2D eigenvalue weighted by atomic mass is 35.5. The molecule has 0 radical (unpaired) electrons. The number of nitrogens with one attached hydrogen (secondary N) is 1. The Morgan fingerprint density at radius 3 is 2.41 bits per heavy atom. The van der Waals surface area contributed by atoms with Gasteiger partial charge in [0.25, 0.3) is 5.91 Å². The van der Waals surface area contributed by atoms with Crippen LogP contribution in [0.3, 0.4) is 0 Å². The number of ether oxygens (including phenoxy) is 1. The molecule has 0 aromatic heterocycles. The minimum absolute atomic E-state index is 0.176. The van der Waals surface area contributed by atoms with Gasteiger partial charge in [-0.2, -0.15) is 0 Å². The number of nitrogens with zero attached hydrogens (tertiary/aromatic N) is 1. The molecule has 1 fully saturated rings. The van der Waals surface area contributed by atoms with Crippen LogP contribution in [0.15, 0.2) is 30.4 Å². The molecule has 27 heavy (non-hydrogen) atoms. The second-order valence-corrected chi connectivity index (χ2v) is 6.99. The highest BCUT2D eigenvalue weighted by Crippen LogP contribution is 2.28. The van der Waals surface area contributed by atoms with Crippen LogP contribution in [0.5, 0.6) is 0 Å². The van der Waals surface area contributed by atoms with Gasteiger partial charge in [0.15, 0.2) is 0 Å². The number of aliphatic carboxylic acids is 1. The van der Waals surface area contributed by atoms with Crippen molar-refractivity contribution in [1.82, 2.24) is 4.90 Å². The van der Waals surface area contributed by atoms with Crippen molar-refractivity contribution in [2.75, 3.05) is 31.6 Å². The molecule has 1 saturated heterocycles. The van der Waals surface area contributed by atoms with Crippen molar-refractivity contribution in [3.05, 3.63) is 40.9 Å². The van der Waals surface area contributed by atoms with Crippen LogP contribution >= 0.6 is 11.6 Å². The Kier molecular flexibility index (Phi) is 6.13. The average molecular weight is 393 g/mol. The van der Waals surface area contributed by atoms with E-state index in [2.05, 4.69) is 5.32 Å². The van der Waals surface area contributed by atoms with Crippen LogP contribution in [0.4, 0.5) is 5.69 Å². The zero-order valence-corrected chi connectivity index (χ0v) is 15.4. The van der Waals surface area contributed by atoms with Crippen LogP contribution < -0.4 is 5.32 Å². The molecule has 7 nitrogen and oxygen atoms in total. The first kappa shape index (κ1) is 19.4. The van der Waals surface area contributed by atoms with Gasteiger partial charge < -0.3 is 20.1 Å². The molecule has 0 bridgehead atoms. The van der Waals surface area contributed by atoms with Crippen LogP contribution in [0.1, 0.15) is 23.2 Å². The van der Waals surface area contributed by atoms with Crippen LogP contribution in [0.25, 0.3) is 0 Å². The first-order valence-electron chi connectivity index (χ1n) is 8.82. The second kappa shape index (κ2) is 8.54. The number of halogens is 1. The standard InChI is InChI=1S/C19H21ClN2O5/c20-16-11-12(5-6-15(16)18(24)22-7-9-27-10-8-22)21-17(23)13-3-1-2-4-14(13)19(25)26/h1-2,5-6,11,13-14H,3-4,7-10H2,(H,21,23)(H,25,26). The van der Waals surface area contributed by atoms with E-state index in [0.29, 0.717) is 50.4 Å². The Bertz CT molecular complexity index is 773. The van der Waals surface area contributed by atoms with E-state index in [0.717, 1.165) is 0 Å². The van der Waals surface area contributed by atoms with Gasteiger partial charge in [-0.05, 0) is 31.0 Å². The number of rotatable bonds is 4. The van der Waals surface area contributed by atoms with Crippen LogP contribution in [0, 0.1) is 11.8 Å². The fraction of sp³-hybridized carbons (Fsp3) is 0.421. The summed E-state index contributed by atoms with van der Waals surface area (Å²) in [6.45, 7) is 2.02. The normalized spacial score (nSPS) is 22.3. The summed E-state index contributed by atoms with van der Waals surface area (Å²) >= 11 is 6.26. The highest BCUT2D eigenvalue weighted by molar-refractivity contribution is 6.34. The van der Waals surface area contributed by atoms with Crippen LogP contribution in [-0.4, -0.2) is 54.1 Å². The molecule has 1 aliphatic heterocycles. The lowest BCUT2D eigenvalue weighted by Gasteiger charge is -2.27. The first-order valence-corrected chi connectivity index (χ1v) is 9.20. The Morgan fingerprint density at radius 1 is 1.11 bits per heavy atom. The number of anilines is 1. The molecule has 2 aliphatic rings. The van der Waals surface area contributed by atoms with E-state index in [1.54, 1.807) is 23.1 Å². The molecule has 1 aliphatic carbocycles. The number of carbonyl (C=O) groups excluding carboxylic acids is 2. The van der Waals surface area contributed by atoms with Crippen molar-refractivity contribution in [2.45, 2.75) is 12.8 Å². The maximum Gasteiger partial charge on any atom is 0.307 e. The van der Waals surface area contributed by atoms with E-state index in [4.69, 9.17) is 16.3 Å². The lowest BCUT2D eigenvalue weighted by Crippen LogP contribution is -2.40. The zero-order chi connectivity index (χ0) is 19.4. The molecule has 0 saturated carbocycles. The number of allylic oxidation sites excluding steroid dienone is 2. The molecule has 3 rings (SSSR count). The maximum atomic E-state index is 12.5. The molecule has 1 aromatic rings. The van der Waals surface area contributed by atoms with Crippen molar-refractivity contribution < 1.29 is 24.2 Å². The minimum Gasteiger partial charge on any atom is -0.481 e. The average Bonchev–Trinajstić information content (AvgIpc) is 2.68. The summed E-state index contributed by atoms with van der Waals surface area (Å²) in [5, 5.41) is 12.3. The van der Waals surface area contributed by atoms with E-state index in [9.17, 15) is 19.5 Å². The Labute approximate surface area is 161 Å². The molecule has 1 aromatic carbocycles. The summed E-state index contributed by atoms with van der Waals surface area (Å²) < 4.78 is 5.24. The van der Waals surface area contributed by atoms with Crippen molar-refractivity contribution in [3.8, 4) is 0 Å². The van der Waals surface area contributed by atoms with Gasteiger partial charge in [-0.1, -0.05) is 23.8 Å². The maximum absolute atomic E-state index is 12.5. The van der Waals surface area contributed by atoms with E-state index in [-0.39, 0.29) is 16.8 Å². The predicted octanol–water partition coefficient (Wildman–Crippen LogP) is 2.42. The smallest absolute Gasteiger partial charge is 0.307 e. The van der Waals surface area contributed by atoms with Gasteiger partial charge in [-0.3, -0.25) is 14.4 Å². The van der Waals surface area contributed by atoms with Crippen molar-refractivity contribution in [1.29, 1.82) is 0 Å². The molecule has 8 heteroatoms. The molecule has 0 spiro atoms. The molecule has 2 atom stereocenters. The fourth-order valence-electron chi connectivity index (χ4n) is 3.31. The number of carbonyl (C=O) groups is 3. The fourth-order valence-corrected chi connectivity index (χ4v) is 3.58. The summed E-state index contributed by atoms with van der Waals surface area (Å²) in [7, 11) is 0. The van der Waals surface area contributed by atoms with Gasteiger partial charge >= 0.3 is 5.97 Å². The number of morpholine rings is 1. The number of carboxylic acid groups (broad SMARTS) is 1. The number of hydrogen-bond acceptors (Lipinski definition) is 4. The highest BCUT2D eigenvalue weighted by Gasteiger charge is 2.34. The van der Waals surface area contributed by atoms with E-state index in [1.807, 2.05) is 6.08 Å². The van der Waals surface area contributed by atoms with E-state index in [1.165, 1.54) is 6.07 Å². The van der Waals surface area contributed by atoms with Crippen molar-refractivity contribution in [2.24, 2.45) is 11.8 Å². The molecule has 144 valence electrons. The summed E-state index contributed by atoms with van der Waals surface area (Å²) in [5.74, 6) is -2.91. The Morgan fingerprint density at radius 2 is 1.78 bits per heavy atom. The van der Waals surface area contributed by atoms with Gasteiger partial charge in [0.2, 0.25) is 5.91 Å². The molecule has 1 heterocycles. The predicted molar refractivity (Wildman–Crippen MR) is 99.8 cm³/mol. The van der Waals surface area contributed by atoms with Gasteiger partial charge in [0.1, 0.15) is 0 Å². The Hall–Kier alpha value is -2.38. The number of amides is 2. The summed E-state index contributed by atoms with van der Waals surface area (Å²) in [6.07, 6.45) is 4.32. The quantitative estimate of drug-likeness (QED) is 0.767. The van der Waals surface area contributed by atoms with Gasteiger partial charge in [0, 0.05) is 18.8 Å². The summed E-state index contributed by atoms with van der Waals surface area (Å²) in [4.78, 5) is 38.1. The van der Waals surface area contributed by atoms with E-state index < -0.39 is 17.8 Å². The van der Waals surface area contributed by atoms with E-state index >= 15 is 0 Å². The second-order valence-electron chi connectivity index (χ2n) is 6.58. The van der Waals surface area contributed by atoms with Gasteiger partial charge in [0.05, 0.1) is 35.6 Å². The van der Waals surface area contributed by atoms with Crippen LogP contribution in [0.2, 0.25) is 5.02 Å². The number of hydrogen-bond donors (Lipinski definition) is 2. The lowest BCUT2D eigenvalue weighted by atomic mass is 9.82. The molecular formula is C19H21ClN2O5. The molecule has 2 unspecified atom stereocenters. The molecule has 2 N–H and O–H groups in total. The molecular weight excluding hydrogens is 372 g/mol. The zero-order valence-electron chi connectivity index (χ0n) is 14.7. The van der Waals surface area contributed by atoms with Gasteiger partial charge in [-0.25, -0.2) is 0 Å². The topological polar surface area (TPSA) is 95.9 Å². The third kappa shape index (κ3) is 4.48. The SMILES string of the molecule is O=C(O)C1CC=CCC1C(=O)Nc1ccc(C(=O)N2CCOCC2)c(Cl)c1. The van der Waals surface area contributed by atoms with Crippen molar-refractivity contribution in [3.63, 3.8) is 0 Å². The Balaban J connectivity index is 1.70. The van der Waals surface area contributed by atoms with Crippen LogP contribution in [-0.2, 0) is 14.3 Å². The third-order valence-corrected chi connectivity index (χ3v) is 5.16. The lowest BCUT2D eigenvalue weighted by molar-refractivity contribution is -0.146. The minimum atomic E-state index is -0.982. The first-order chi connectivity index (χ1) is 13.0. The number of benzene rings is 1. The molecule has 2 amide bonds. The largest absolute Gasteiger partial charge is 0.481 e. The summed E-state index contributed by atoms with van der Waals surface area (Å²) in [5.41, 5.74) is 0.794. The summed E-state index contributed by atoms with van der Waals surface area (Å²) in [6, 6.07) is 4.69. The number of carboxylic acids is 1. The monoisotopic (exact) mass is 392 g/mol.